The lowest BCUT2D eigenvalue weighted by Crippen LogP contribution is -2.53. The first-order valence-corrected chi connectivity index (χ1v) is 8.03. The van der Waals surface area contributed by atoms with Crippen LogP contribution in [0, 0.1) is 17.8 Å². The van der Waals surface area contributed by atoms with E-state index in [-0.39, 0.29) is 17.9 Å². The second kappa shape index (κ2) is 6.59. The van der Waals surface area contributed by atoms with Crippen molar-refractivity contribution in [1.82, 2.24) is 4.90 Å². The predicted octanol–water partition coefficient (Wildman–Crippen LogP) is 2.91. The van der Waals surface area contributed by atoms with Crippen LogP contribution in [0.3, 0.4) is 0 Å². The standard InChI is InChI=1S/C16H27NO3/c1-11-10-14(18)17(12(2)15(11)16(19)20)9-8-13-6-4-3-5-7-13/h11-13,15H,3-10H2,1-2H3,(H,19,20). The Labute approximate surface area is 121 Å². The Morgan fingerprint density at radius 2 is 1.90 bits per heavy atom. The number of piperidine rings is 1. The van der Waals surface area contributed by atoms with Gasteiger partial charge in [0.1, 0.15) is 0 Å². The summed E-state index contributed by atoms with van der Waals surface area (Å²) in [4.78, 5) is 25.4. The molecule has 0 radical (unpaired) electrons. The Balaban J connectivity index is 1.94. The zero-order chi connectivity index (χ0) is 14.7. The van der Waals surface area contributed by atoms with E-state index >= 15 is 0 Å². The van der Waals surface area contributed by atoms with Gasteiger partial charge in [0.25, 0.3) is 0 Å². The molecule has 0 aromatic carbocycles. The molecule has 3 unspecified atom stereocenters. The number of carboxylic acid groups (broad SMARTS) is 1. The lowest BCUT2D eigenvalue weighted by molar-refractivity contribution is -0.154. The number of carboxylic acids is 1. The van der Waals surface area contributed by atoms with Crippen molar-refractivity contribution in [3.63, 3.8) is 0 Å². The third-order valence-electron chi connectivity index (χ3n) is 5.23. The fourth-order valence-corrected chi connectivity index (χ4v) is 3.99. The zero-order valence-electron chi connectivity index (χ0n) is 12.7. The Hall–Kier alpha value is -1.06. The molecule has 3 atom stereocenters. The van der Waals surface area contributed by atoms with Crippen LogP contribution in [-0.2, 0) is 9.59 Å². The van der Waals surface area contributed by atoms with Gasteiger partial charge in [0.05, 0.1) is 5.92 Å². The fourth-order valence-electron chi connectivity index (χ4n) is 3.99. The first-order valence-electron chi connectivity index (χ1n) is 8.03. The molecule has 0 aromatic heterocycles. The highest BCUT2D eigenvalue weighted by Crippen LogP contribution is 2.32. The quantitative estimate of drug-likeness (QED) is 0.862. The Morgan fingerprint density at radius 1 is 1.25 bits per heavy atom. The highest BCUT2D eigenvalue weighted by molar-refractivity contribution is 5.81. The molecule has 1 N–H and O–H groups in total. The molecule has 4 nitrogen and oxygen atoms in total. The summed E-state index contributed by atoms with van der Waals surface area (Å²) in [6.45, 7) is 4.51. The molecular weight excluding hydrogens is 254 g/mol. The maximum absolute atomic E-state index is 12.2. The average Bonchev–Trinajstić information content (AvgIpc) is 2.38. The molecule has 0 aromatic rings. The van der Waals surface area contributed by atoms with E-state index in [4.69, 9.17) is 0 Å². The molecular formula is C16H27NO3. The van der Waals surface area contributed by atoms with Crippen LogP contribution in [0.4, 0.5) is 0 Å². The average molecular weight is 281 g/mol. The van der Waals surface area contributed by atoms with Crippen molar-refractivity contribution in [1.29, 1.82) is 0 Å². The molecule has 1 saturated carbocycles. The van der Waals surface area contributed by atoms with Crippen LogP contribution < -0.4 is 0 Å². The molecule has 2 aliphatic rings. The zero-order valence-corrected chi connectivity index (χ0v) is 12.7. The molecule has 1 aliphatic heterocycles. The Bertz CT molecular complexity index is 363. The van der Waals surface area contributed by atoms with Gasteiger partial charge in [-0.15, -0.1) is 0 Å². The van der Waals surface area contributed by atoms with E-state index in [1.807, 2.05) is 18.7 Å². The number of likely N-dealkylation sites (tertiary alicyclic amines) is 1. The topological polar surface area (TPSA) is 57.6 Å². The van der Waals surface area contributed by atoms with E-state index in [2.05, 4.69) is 0 Å². The largest absolute Gasteiger partial charge is 0.481 e. The summed E-state index contributed by atoms with van der Waals surface area (Å²) in [6, 6.07) is -0.174. The molecule has 0 bridgehead atoms. The van der Waals surface area contributed by atoms with Gasteiger partial charge < -0.3 is 10.0 Å². The fraction of sp³-hybridized carbons (Fsp3) is 0.875. The molecule has 1 saturated heterocycles. The monoisotopic (exact) mass is 281 g/mol. The number of nitrogens with zero attached hydrogens (tertiary/aromatic N) is 1. The molecule has 1 heterocycles. The van der Waals surface area contributed by atoms with Crippen LogP contribution in [-0.4, -0.2) is 34.5 Å². The number of hydrogen-bond acceptors (Lipinski definition) is 2. The normalized spacial score (nSPS) is 32.4. The predicted molar refractivity (Wildman–Crippen MR) is 77.3 cm³/mol. The number of aliphatic carboxylic acids is 1. The molecule has 20 heavy (non-hydrogen) atoms. The second-order valence-electron chi connectivity index (χ2n) is 6.67. The van der Waals surface area contributed by atoms with E-state index in [0.717, 1.165) is 18.9 Å². The smallest absolute Gasteiger partial charge is 0.308 e. The molecule has 1 aliphatic carbocycles. The van der Waals surface area contributed by atoms with Gasteiger partial charge in [0.15, 0.2) is 0 Å². The van der Waals surface area contributed by atoms with E-state index in [1.165, 1.54) is 32.1 Å². The number of amides is 1. The molecule has 0 spiro atoms. The van der Waals surface area contributed by atoms with Crippen LogP contribution in [0.25, 0.3) is 0 Å². The number of hydrogen-bond donors (Lipinski definition) is 1. The summed E-state index contributed by atoms with van der Waals surface area (Å²) in [6.07, 6.45) is 7.92. The van der Waals surface area contributed by atoms with Gasteiger partial charge in [-0.05, 0) is 25.2 Å². The molecule has 2 fully saturated rings. The van der Waals surface area contributed by atoms with Gasteiger partial charge in [0.2, 0.25) is 5.91 Å². The minimum absolute atomic E-state index is 0.0547. The van der Waals surface area contributed by atoms with Crippen molar-refractivity contribution in [2.75, 3.05) is 6.54 Å². The summed E-state index contributed by atoms with van der Waals surface area (Å²) in [5.41, 5.74) is 0. The first-order chi connectivity index (χ1) is 9.50. The maximum Gasteiger partial charge on any atom is 0.308 e. The second-order valence-corrected chi connectivity index (χ2v) is 6.67. The van der Waals surface area contributed by atoms with Crippen LogP contribution in [0.2, 0.25) is 0 Å². The summed E-state index contributed by atoms with van der Waals surface area (Å²) in [5, 5.41) is 9.36. The van der Waals surface area contributed by atoms with Crippen molar-refractivity contribution < 1.29 is 14.7 Å². The Kier molecular flexibility index (Phi) is 5.06. The minimum Gasteiger partial charge on any atom is -0.481 e. The van der Waals surface area contributed by atoms with Gasteiger partial charge in [-0.25, -0.2) is 0 Å². The van der Waals surface area contributed by atoms with Gasteiger partial charge in [-0.1, -0.05) is 39.0 Å². The van der Waals surface area contributed by atoms with E-state index < -0.39 is 11.9 Å². The van der Waals surface area contributed by atoms with Crippen molar-refractivity contribution in [2.45, 2.75) is 64.8 Å². The van der Waals surface area contributed by atoms with Gasteiger partial charge in [0, 0.05) is 19.0 Å². The van der Waals surface area contributed by atoms with Crippen molar-refractivity contribution in [3.8, 4) is 0 Å². The number of carbonyl (C=O) groups is 2. The van der Waals surface area contributed by atoms with E-state index in [1.54, 1.807) is 0 Å². The molecule has 2 rings (SSSR count). The van der Waals surface area contributed by atoms with Crippen molar-refractivity contribution >= 4 is 11.9 Å². The van der Waals surface area contributed by atoms with Gasteiger partial charge in [-0.3, -0.25) is 9.59 Å². The van der Waals surface area contributed by atoms with Crippen molar-refractivity contribution in [2.24, 2.45) is 17.8 Å². The minimum atomic E-state index is -0.764. The van der Waals surface area contributed by atoms with Crippen LogP contribution >= 0.6 is 0 Å². The highest BCUT2D eigenvalue weighted by atomic mass is 16.4. The SMILES string of the molecule is CC1CC(=O)N(CCC2CCCCC2)C(C)C1C(=O)O. The summed E-state index contributed by atoms with van der Waals surface area (Å²) in [5.74, 6) is -0.371. The van der Waals surface area contributed by atoms with E-state index in [9.17, 15) is 14.7 Å². The van der Waals surface area contributed by atoms with Crippen molar-refractivity contribution in [3.05, 3.63) is 0 Å². The van der Waals surface area contributed by atoms with Crippen LogP contribution in [0.1, 0.15) is 58.8 Å². The van der Waals surface area contributed by atoms with Gasteiger partial charge in [-0.2, -0.15) is 0 Å². The lowest BCUT2D eigenvalue weighted by Gasteiger charge is -2.41. The number of rotatable bonds is 4. The summed E-state index contributed by atoms with van der Waals surface area (Å²) < 4.78 is 0. The Morgan fingerprint density at radius 3 is 2.50 bits per heavy atom. The highest BCUT2D eigenvalue weighted by Gasteiger charge is 2.41. The van der Waals surface area contributed by atoms with Gasteiger partial charge >= 0.3 is 5.97 Å². The lowest BCUT2D eigenvalue weighted by atomic mass is 9.80. The van der Waals surface area contributed by atoms with Crippen LogP contribution in [0.15, 0.2) is 0 Å². The molecule has 4 heteroatoms. The number of carbonyl (C=O) groups excluding carboxylic acids is 1. The molecule has 114 valence electrons. The molecule has 1 amide bonds. The first kappa shape index (κ1) is 15.3. The maximum atomic E-state index is 12.2. The van der Waals surface area contributed by atoms with E-state index in [0.29, 0.717) is 6.42 Å². The van der Waals surface area contributed by atoms with Crippen LogP contribution in [0.5, 0.6) is 0 Å². The summed E-state index contributed by atoms with van der Waals surface area (Å²) >= 11 is 0. The third-order valence-corrected chi connectivity index (χ3v) is 5.23. The third kappa shape index (κ3) is 3.33. The summed E-state index contributed by atoms with van der Waals surface area (Å²) in [7, 11) is 0.